The molecule has 0 aromatic heterocycles. The highest BCUT2D eigenvalue weighted by Crippen LogP contribution is 2.31. The quantitative estimate of drug-likeness (QED) is 0.757. The lowest BCUT2D eigenvalue weighted by Gasteiger charge is -2.11. The number of benzene rings is 1. The molecule has 4 N–H and O–H groups in total. The van der Waals surface area contributed by atoms with Crippen molar-refractivity contribution in [3.05, 3.63) is 29.3 Å². The van der Waals surface area contributed by atoms with E-state index < -0.39 is 10.0 Å². The molecular weight excluding hydrogens is 254 g/mol. The number of primary sulfonamides is 1. The van der Waals surface area contributed by atoms with Gasteiger partial charge in [0, 0.05) is 12.0 Å². The van der Waals surface area contributed by atoms with Gasteiger partial charge in [-0.25, -0.2) is 13.6 Å². The van der Waals surface area contributed by atoms with Crippen LogP contribution in [0.5, 0.6) is 0 Å². The lowest BCUT2D eigenvalue weighted by atomic mass is 10.1. The average molecular weight is 265 g/mol. The summed E-state index contributed by atoms with van der Waals surface area (Å²) in [7, 11) is -4.06. The SMILES string of the molecule is N#Cc1c(C2=CCCO2)ccc(N)c1S(N)(=O)=O. The molecule has 1 aromatic carbocycles. The second-order valence-electron chi connectivity index (χ2n) is 3.77. The number of nitrogens with two attached hydrogens (primary N) is 2. The van der Waals surface area contributed by atoms with Gasteiger partial charge in [0.15, 0.2) is 0 Å². The molecule has 1 aliphatic heterocycles. The van der Waals surface area contributed by atoms with Crippen molar-refractivity contribution in [2.45, 2.75) is 11.3 Å². The van der Waals surface area contributed by atoms with Crippen LogP contribution in [0.1, 0.15) is 17.5 Å². The van der Waals surface area contributed by atoms with Crippen LogP contribution in [-0.2, 0) is 14.8 Å². The van der Waals surface area contributed by atoms with E-state index in [-0.39, 0.29) is 16.1 Å². The van der Waals surface area contributed by atoms with E-state index in [1.165, 1.54) is 6.07 Å². The summed E-state index contributed by atoms with van der Waals surface area (Å²) < 4.78 is 28.3. The molecule has 7 heteroatoms. The third-order valence-electron chi connectivity index (χ3n) is 2.56. The number of rotatable bonds is 2. The average Bonchev–Trinajstić information content (AvgIpc) is 2.80. The third kappa shape index (κ3) is 2.03. The van der Waals surface area contributed by atoms with Gasteiger partial charge in [-0.05, 0) is 18.2 Å². The predicted molar refractivity (Wildman–Crippen MR) is 65.5 cm³/mol. The molecule has 0 unspecified atom stereocenters. The summed E-state index contributed by atoms with van der Waals surface area (Å²) in [6, 6.07) is 4.78. The minimum atomic E-state index is -4.06. The highest BCUT2D eigenvalue weighted by molar-refractivity contribution is 7.89. The zero-order valence-corrected chi connectivity index (χ0v) is 10.2. The van der Waals surface area contributed by atoms with Crippen LogP contribution in [0.25, 0.3) is 5.76 Å². The van der Waals surface area contributed by atoms with Crippen molar-refractivity contribution in [3.8, 4) is 6.07 Å². The Morgan fingerprint density at radius 1 is 1.39 bits per heavy atom. The molecule has 2 rings (SSSR count). The van der Waals surface area contributed by atoms with E-state index in [1.807, 2.05) is 6.07 Å². The minimum Gasteiger partial charge on any atom is -0.493 e. The first-order valence-electron chi connectivity index (χ1n) is 5.14. The van der Waals surface area contributed by atoms with Crippen LogP contribution < -0.4 is 10.9 Å². The summed E-state index contributed by atoms with van der Waals surface area (Å²) in [6.45, 7) is 0.509. The maximum atomic E-state index is 11.5. The zero-order chi connectivity index (χ0) is 13.3. The number of sulfonamides is 1. The summed E-state index contributed by atoms with van der Waals surface area (Å²) in [5.74, 6) is 0.483. The van der Waals surface area contributed by atoms with Crippen LogP contribution in [0.15, 0.2) is 23.1 Å². The zero-order valence-electron chi connectivity index (χ0n) is 9.38. The van der Waals surface area contributed by atoms with Gasteiger partial charge in [0.2, 0.25) is 10.0 Å². The summed E-state index contributed by atoms with van der Waals surface area (Å²) in [5, 5.41) is 14.2. The number of nitriles is 1. The molecule has 0 bridgehead atoms. The Hall–Kier alpha value is -2.04. The highest BCUT2D eigenvalue weighted by atomic mass is 32.2. The molecule has 0 aliphatic carbocycles. The first kappa shape index (κ1) is 12.4. The minimum absolute atomic E-state index is 0.0450. The molecule has 0 amide bonds. The molecule has 0 spiro atoms. The summed E-state index contributed by atoms with van der Waals surface area (Å²) >= 11 is 0. The molecule has 18 heavy (non-hydrogen) atoms. The van der Waals surface area contributed by atoms with E-state index in [2.05, 4.69) is 0 Å². The van der Waals surface area contributed by atoms with Crippen LogP contribution in [0.2, 0.25) is 0 Å². The van der Waals surface area contributed by atoms with Gasteiger partial charge in [-0.3, -0.25) is 0 Å². The second kappa shape index (κ2) is 4.33. The number of hydrogen-bond acceptors (Lipinski definition) is 5. The van der Waals surface area contributed by atoms with Crippen molar-refractivity contribution in [1.29, 1.82) is 5.26 Å². The summed E-state index contributed by atoms with van der Waals surface area (Å²) in [5.41, 5.74) is 5.85. The molecule has 0 saturated carbocycles. The van der Waals surface area contributed by atoms with Gasteiger partial charge >= 0.3 is 0 Å². The van der Waals surface area contributed by atoms with E-state index in [1.54, 1.807) is 12.1 Å². The van der Waals surface area contributed by atoms with Gasteiger partial charge in [0.05, 0.1) is 17.9 Å². The molecule has 1 heterocycles. The maximum Gasteiger partial charge on any atom is 0.241 e. The van der Waals surface area contributed by atoms with Gasteiger partial charge in [-0.1, -0.05) is 0 Å². The van der Waals surface area contributed by atoms with E-state index in [0.717, 1.165) is 6.42 Å². The largest absolute Gasteiger partial charge is 0.493 e. The molecule has 0 saturated heterocycles. The Morgan fingerprint density at radius 2 is 2.11 bits per heavy atom. The molecule has 1 aromatic rings. The van der Waals surface area contributed by atoms with Crippen molar-refractivity contribution in [2.75, 3.05) is 12.3 Å². The topological polar surface area (TPSA) is 119 Å². The fourth-order valence-electron chi connectivity index (χ4n) is 1.83. The molecule has 0 atom stereocenters. The highest BCUT2D eigenvalue weighted by Gasteiger charge is 2.23. The van der Waals surface area contributed by atoms with E-state index in [0.29, 0.717) is 17.9 Å². The Labute approximate surface area is 105 Å². The van der Waals surface area contributed by atoms with Crippen molar-refractivity contribution in [3.63, 3.8) is 0 Å². The van der Waals surface area contributed by atoms with Crippen LogP contribution in [0, 0.1) is 11.3 Å². The van der Waals surface area contributed by atoms with Gasteiger partial charge < -0.3 is 10.5 Å². The fraction of sp³-hybridized carbons (Fsp3) is 0.182. The number of hydrogen-bond donors (Lipinski definition) is 2. The molecule has 94 valence electrons. The first-order valence-corrected chi connectivity index (χ1v) is 6.68. The van der Waals surface area contributed by atoms with E-state index in [4.69, 9.17) is 20.9 Å². The predicted octanol–water partition coefficient (Wildman–Crippen LogP) is 0.549. The van der Waals surface area contributed by atoms with Crippen LogP contribution in [0.3, 0.4) is 0 Å². The van der Waals surface area contributed by atoms with E-state index in [9.17, 15) is 8.42 Å². The Kier molecular flexibility index (Phi) is 2.98. The lowest BCUT2D eigenvalue weighted by molar-refractivity contribution is 0.307. The van der Waals surface area contributed by atoms with Gasteiger partial charge in [0.1, 0.15) is 16.7 Å². The lowest BCUT2D eigenvalue weighted by Crippen LogP contribution is -2.17. The van der Waals surface area contributed by atoms with Crippen molar-refractivity contribution >= 4 is 21.5 Å². The van der Waals surface area contributed by atoms with Crippen LogP contribution in [0.4, 0.5) is 5.69 Å². The normalized spacial score (nSPS) is 14.8. The number of nitrogens with zero attached hydrogens (tertiary/aromatic N) is 1. The molecule has 0 fully saturated rings. The number of ether oxygens (including phenoxy) is 1. The molecule has 0 radical (unpaired) electrons. The summed E-state index contributed by atoms with van der Waals surface area (Å²) in [6.07, 6.45) is 2.51. The number of anilines is 1. The maximum absolute atomic E-state index is 11.5. The molecular formula is C11H11N3O3S. The second-order valence-corrected chi connectivity index (χ2v) is 5.27. The van der Waals surface area contributed by atoms with Gasteiger partial charge in [-0.15, -0.1) is 0 Å². The van der Waals surface area contributed by atoms with Gasteiger partial charge in [-0.2, -0.15) is 5.26 Å². The van der Waals surface area contributed by atoms with Gasteiger partial charge in [0.25, 0.3) is 0 Å². The molecule has 1 aliphatic rings. The Balaban J connectivity index is 2.76. The van der Waals surface area contributed by atoms with E-state index >= 15 is 0 Å². The Bertz CT molecular complexity index is 672. The summed E-state index contributed by atoms with van der Waals surface area (Å²) in [4.78, 5) is -0.348. The fourth-order valence-corrected chi connectivity index (χ4v) is 2.66. The van der Waals surface area contributed by atoms with Crippen molar-refractivity contribution < 1.29 is 13.2 Å². The van der Waals surface area contributed by atoms with Crippen LogP contribution in [-0.4, -0.2) is 15.0 Å². The first-order chi connectivity index (χ1) is 8.45. The number of nitrogen functional groups attached to an aromatic ring is 1. The Morgan fingerprint density at radius 3 is 2.61 bits per heavy atom. The monoisotopic (exact) mass is 265 g/mol. The smallest absolute Gasteiger partial charge is 0.241 e. The third-order valence-corrected chi connectivity index (χ3v) is 3.56. The van der Waals surface area contributed by atoms with Crippen LogP contribution >= 0.6 is 0 Å². The van der Waals surface area contributed by atoms with Crippen molar-refractivity contribution in [1.82, 2.24) is 0 Å². The molecule has 6 nitrogen and oxygen atoms in total. The van der Waals surface area contributed by atoms with Crippen molar-refractivity contribution in [2.24, 2.45) is 5.14 Å². The standard InChI is InChI=1S/C11H11N3O3S/c12-6-8-7(10-2-1-5-17-10)3-4-9(13)11(8)18(14,15)16/h2-4H,1,5,13H2,(H2,14,15,16).